The second kappa shape index (κ2) is 8.97. The second-order valence-electron chi connectivity index (χ2n) is 4.66. The lowest BCUT2D eigenvalue weighted by atomic mass is 10.3. The Kier molecular flexibility index (Phi) is 6.96. The molecule has 5 nitrogen and oxygen atoms in total. The molecule has 1 aromatic carbocycles. The van der Waals surface area contributed by atoms with Crippen molar-refractivity contribution < 1.29 is 4.74 Å². The Hall–Kier alpha value is -1.92. The van der Waals surface area contributed by atoms with Crippen molar-refractivity contribution in [3.63, 3.8) is 0 Å². The lowest BCUT2D eigenvalue weighted by Gasteiger charge is -2.05. The molecule has 0 atom stereocenters. The minimum atomic E-state index is 0.295. The first-order valence-corrected chi connectivity index (χ1v) is 8.28. The fourth-order valence-corrected chi connectivity index (χ4v) is 2.46. The molecule has 0 amide bonds. The maximum atomic E-state index is 5.75. The first-order valence-electron chi connectivity index (χ1n) is 6.77. The zero-order valence-electron chi connectivity index (χ0n) is 12.6. The van der Waals surface area contributed by atoms with Gasteiger partial charge in [-0.3, -0.25) is 0 Å². The maximum absolute atomic E-state index is 5.75. The van der Waals surface area contributed by atoms with Crippen molar-refractivity contribution in [3.8, 4) is 11.6 Å². The molecule has 0 aliphatic heterocycles. The van der Waals surface area contributed by atoms with Gasteiger partial charge in [0.05, 0.1) is 0 Å². The SMILES string of the molecule is Nc1cc(Cl)nc(Cl)c1.Nc1cc(Cl)nc(Oc2ccc(Cl)cc2)c1. The van der Waals surface area contributed by atoms with Gasteiger partial charge in [0.1, 0.15) is 21.2 Å². The van der Waals surface area contributed by atoms with Crippen LogP contribution in [0.5, 0.6) is 11.6 Å². The minimum absolute atomic E-state index is 0.295. The number of halogens is 4. The molecular formula is C16H12Cl4N4O. The van der Waals surface area contributed by atoms with Crippen molar-refractivity contribution >= 4 is 57.8 Å². The van der Waals surface area contributed by atoms with Gasteiger partial charge in [0, 0.05) is 22.5 Å². The molecule has 0 aliphatic carbocycles. The summed E-state index contributed by atoms with van der Waals surface area (Å²) in [5.74, 6) is 0.978. The number of hydrogen-bond donors (Lipinski definition) is 2. The molecule has 0 fully saturated rings. The van der Waals surface area contributed by atoms with Crippen LogP contribution in [0.4, 0.5) is 11.4 Å². The number of anilines is 2. The molecule has 0 saturated heterocycles. The number of benzene rings is 1. The highest BCUT2D eigenvalue weighted by Crippen LogP contribution is 2.24. The second-order valence-corrected chi connectivity index (χ2v) is 6.26. The van der Waals surface area contributed by atoms with Crippen LogP contribution in [0.25, 0.3) is 0 Å². The highest BCUT2D eigenvalue weighted by molar-refractivity contribution is 6.32. The predicted molar refractivity (Wildman–Crippen MR) is 104 cm³/mol. The van der Waals surface area contributed by atoms with E-state index in [0.717, 1.165) is 0 Å². The number of nitrogens with two attached hydrogens (primary N) is 2. The van der Waals surface area contributed by atoms with Crippen LogP contribution in [0.2, 0.25) is 20.5 Å². The van der Waals surface area contributed by atoms with Gasteiger partial charge in [0.15, 0.2) is 0 Å². The van der Waals surface area contributed by atoms with E-state index in [9.17, 15) is 0 Å². The average molecular weight is 418 g/mol. The lowest BCUT2D eigenvalue weighted by molar-refractivity contribution is 0.463. The summed E-state index contributed by atoms with van der Waals surface area (Å²) in [6, 6.07) is 13.1. The Bertz CT molecular complexity index is 789. The Morgan fingerprint density at radius 2 is 1.16 bits per heavy atom. The highest BCUT2D eigenvalue weighted by Gasteiger charge is 2.02. The van der Waals surface area contributed by atoms with Gasteiger partial charge in [0.25, 0.3) is 0 Å². The molecule has 0 aliphatic rings. The van der Waals surface area contributed by atoms with Crippen LogP contribution in [0, 0.1) is 0 Å². The molecular weight excluding hydrogens is 406 g/mol. The van der Waals surface area contributed by atoms with E-state index in [1.54, 1.807) is 36.4 Å². The van der Waals surface area contributed by atoms with Crippen LogP contribution in [0.1, 0.15) is 0 Å². The topological polar surface area (TPSA) is 87.0 Å². The summed E-state index contributed by atoms with van der Waals surface area (Å²) in [5.41, 5.74) is 12.0. The lowest BCUT2D eigenvalue weighted by Crippen LogP contribution is -1.91. The maximum Gasteiger partial charge on any atom is 0.222 e. The smallest absolute Gasteiger partial charge is 0.222 e. The van der Waals surface area contributed by atoms with E-state index in [1.807, 2.05) is 0 Å². The Labute approximate surface area is 164 Å². The van der Waals surface area contributed by atoms with E-state index in [2.05, 4.69) is 9.97 Å². The third kappa shape index (κ3) is 6.84. The van der Waals surface area contributed by atoms with Gasteiger partial charge in [-0.05, 0) is 42.5 Å². The van der Waals surface area contributed by atoms with E-state index < -0.39 is 0 Å². The third-order valence-corrected chi connectivity index (χ3v) is 3.45. The van der Waals surface area contributed by atoms with Crippen molar-refractivity contribution in [1.82, 2.24) is 9.97 Å². The van der Waals surface area contributed by atoms with Gasteiger partial charge in [-0.25, -0.2) is 9.97 Å². The average Bonchev–Trinajstić information content (AvgIpc) is 2.48. The number of ether oxygens (including phenoxy) is 1. The monoisotopic (exact) mass is 416 g/mol. The molecule has 0 bridgehead atoms. The van der Waals surface area contributed by atoms with Gasteiger partial charge < -0.3 is 16.2 Å². The van der Waals surface area contributed by atoms with Crippen LogP contribution in [0.3, 0.4) is 0 Å². The highest BCUT2D eigenvalue weighted by atomic mass is 35.5. The largest absolute Gasteiger partial charge is 0.439 e. The zero-order chi connectivity index (χ0) is 18.4. The summed E-state index contributed by atoms with van der Waals surface area (Å²) in [6.07, 6.45) is 0. The summed E-state index contributed by atoms with van der Waals surface area (Å²) < 4.78 is 5.46. The molecule has 9 heteroatoms. The Balaban J connectivity index is 0.000000212. The van der Waals surface area contributed by atoms with Gasteiger partial charge in [-0.1, -0.05) is 46.4 Å². The van der Waals surface area contributed by atoms with Crippen LogP contribution in [-0.2, 0) is 0 Å². The van der Waals surface area contributed by atoms with Gasteiger partial charge >= 0.3 is 0 Å². The van der Waals surface area contributed by atoms with E-state index in [1.165, 1.54) is 12.1 Å². The fraction of sp³-hybridized carbons (Fsp3) is 0. The molecule has 2 heterocycles. The predicted octanol–water partition coefficient (Wildman–Crippen LogP) is 5.73. The Morgan fingerprint density at radius 1 is 0.680 bits per heavy atom. The van der Waals surface area contributed by atoms with E-state index in [4.69, 9.17) is 62.6 Å². The third-order valence-electron chi connectivity index (χ3n) is 2.61. The molecule has 4 N–H and O–H groups in total. The summed E-state index contributed by atoms with van der Waals surface area (Å²) in [7, 11) is 0. The van der Waals surface area contributed by atoms with Crippen molar-refractivity contribution in [2.75, 3.05) is 11.5 Å². The molecule has 130 valence electrons. The molecule has 3 rings (SSSR count). The van der Waals surface area contributed by atoms with E-state index in [0.29, 0.717) is 43.5 Å². The van der Waals surface area contributed by atoms with E-state index in [-0.39, 0.29) is 0 Å². The molecule has 2 aromatic heterocycles. The quantitative estimate of drug-likeness (QED) is 0.519. The zero-order valence-corrected chi connectivity index (χ0v) is 15.6. The fourth-order valence-electron chi connectivity index (χ4n) is 1.65. The summed E-state index contributed by atoms with van der Waals surface area (Å²) in [4.78, 5) is 7.67. The number of nitrogen functional groups attached to an aromatic ring is 2. The van der Waals surface area contributed by atoms with Crippen LogP contribution in [0.15, 0.2) is 48.5 Å². The van der Waals surface area contributed by atoms with Crippen molar-refractivity contribution in [2.45, 2.75) is 0 Å². The number of hydrogen-bond acceptors (Lipinski definition) is 5. The minimum Gasteiger partial charge on any atom is -0.439 e. The van der Waals surface area contributed by atoms with Crippen molar-refractivity contribution in [1.29, 1.82) is 0 Å². The van der Waals surface area contributed by atoms with Crippen molar-refractivity contribution in [3.05, 3.63) is 69.0 Å². The summed E-state index contributed by atoms with van der Waals surface area (Å²) in [6.45, 7) is 0. The first kappa shape index (κ1) is 19.4. The van der Waals surface area contributed by atoms with Crippen LogP contribution in [-0.4, -0.2) is 9.97 Å². The Morgan fingerprint density at radius 3 is 1.64 bits per heavy atom. The summed E-state index contributed by atoms with van der Waals surface area (Å²) in [5, 5.41) is 1.58. The molecule has 0 saturated carbocycles. The first-order chi connectivity index (χ1) is 11.8. The molecule has 0 unspecified atom stereocenters. The van der Waals surface area contributed by atoms with Gasteiger partial charge in [-0.15, -0.1) is 0 Å². The normalized spacial score (nSPS) is 9.92. The van der Waals surface area contributed by atoms with Crippen molar-refractivity contribution in [2.24, 2.45) is 0 Å². The molecule has 0 spiro atoms. The molecule has 25 heavy (non-hydrogen) atoms. The van der Waals surface area contributed by atoms with Crippen LogP contribution >= 0.6 is 46.4 Å². The molecule has 3 aromatic rings. The summed E-state index contributed by atoms with van der Waals surface area (Å²) >= 11 is 22.5. The number of aromatic nitrogens is 2. The van der Waals surface area contributed by atoms with Gasteiger partial charge in [0.2, 0.25) is 5.88 Å². The molecule has 0 radical (unpaired) electrons. The number of pyridine rings is 2. The number of nitrogens with zero attached hydrogens (tertiary/aromatic N) is 2. The standard InChI is InChI=1S/C11H8Cl2N2O.C5H4Cl2N2/c12-7-1-3-9(4-2-7)16-11-6-8(14)5-10(13)15-11;6-4-1-3(8)2-5(7)9-4/h1-6H,(H2,14,15);1-2H,(H2,8,9). The van der Waals surface area contributed by atoms with Gasteiger partial charge in [-0.2, -0.15) is 0 Å². The van der Waals surface area contributed by atoms with E-state index >= 15 is 0 Å². The number of rotatable bonds is 2. The van der Waals surface area contributed by atoms with Crippen LogP contribution < -0.4 is 16.2 Å².